The first-order valence-corrected chi connectivity index (χ1v) is 5.26. The lowest BCUT2D eigenvalue weighted by molar-refractivity contribution is -0.134. The van der Waals surface area contributed by atoms with Gasteiger partial charge >= 0.3 is 17.9 Å². The summed E-state index contributed by atoms with van der Waals surface area (Å²) in [5.41, 5.74) is -0.405. The minimum Gasteiger partial charge on any atom is -0.478 e. The molecule has 0 fully saturated rings. The van der Waals surface area contributed by atoms with Crippen LogP contribution >= 0.6 is 0 Å². The Bertz CT molecular complexity index is 517. The van der Waals surface area contributed by atoms with Gasteiger partial charge in [-0.3, -0.25) is 0 Å². The third-order valence-corrected chi connectivity index (χ3v) is 2.02. The van der Waals surface area contributed by atoms with Crippen LogP contribution in [0.4, 0.5) is 5.69 Å². The van der Waals surface area contributed by atoms with Gasteiger partial charge in [0.15, 0.2) is 0 Å². The number of ether oxygens (including phenoxy) is 1. The second kappa shape index (κ2) is 6.29. The first-order valence-electron chi connectivity index (χ1n) is 5.26. The van der Waals surface area contributed by atoms with Crippen molar-refractivity contribution in [3.05, 3.63) is 29.3 Å². The standard InChI is InChI=1S/C12H11NO6/c1-2-19-10(14)6-13-9-4-7(11(15)16)3-8(5-9)12(17)18/h3-6H,2H2,1H3,(H,15,16)(H,17,18). The maximum Gasteiger partial charge on any atom is 0.349 e. The quantitative estimate of drug-likeness (QED) is 0.613. The lowest BCUT2D eigenvalue weighted by Gasteiger charge is -2.01. The molecule has 0 amide bonds. The number of nitrogens with zero attached hydrogens (tertiary/aromatic N) is 1. The number of esters is 1. The van der Waals surface area contributed by atoms with Crippen LogP contribution in [-0.4, -0.2) is 40.9 Å². The van der Waals surface area contributed by atoms with Gasteiger partial charge in [-0.05, 0) is 25.1 Å². The summed E-state index contributed by atoms with van der Waals surface area (Å²) in [4.78, 5) is 36.4. The molecule has 19 heavy (non-hydrogen) atoms. The fraction of sp³-hybridized carbons (Fsp3) is 0.167. The van der Waals surface area contributed by atoms with Crippen LogP contribution in [0.2, 0.25) is 0 Å². The number of hydrogen-bond donors (Lipinski definition) is 2. The molecule has 0 bridgehead atoms. The van der Waals surface area contributed by atoms with E-state index in [1.165, 1.54) is 0 Å². The summed E-state index contributed by atoms with van der Waals surface area (Å²) in [6, 6.07) is 3.32. The van der Waals surface area contributed by atoms with E-state index in [0.29, 0.717) is 0 Å². The summed E-state index contributed by atoms with van der Waals surface area (Å²) < 4.78 is 4.60. The second-order valence-corrected chi connectivity index (χ2v) is 3.39. The van der Waals surface area contributed by atoms with Crippen LogP contribution < -0.4 is 0 Å². The molecule has 0 aliphatic rings. The SMILES string of the molecule is CCOC(=O)C=Nc1cc(C(=O)O)cc(C(=O)O)c1. The van der Waals surface area contributed by atoms with Crippen molar-refractivity contribution >= 4 is 29.8 Å². The van der Waals surface area contributed by atoms with E-state index >= 15 is 0 Å². The van der Waals surface area contributed by atoms with Crippen LogP contribution in [-0.2, 0) is 9.53 Å². The lowest BCUT2D eigenvalue weighted by Crippen LogP contribution is -2.05. The number of rotatable bonds is 5. The van der Waals surface area contributed by atoms with Gasteiger partial charge in [-0.1, -0.05) is 0 Å². The number of carbonyl (C=O) groups excluding carboxylic acids is 1. The zero-order valence-corrected chi connectivity index (χ0v) is 9.99. The van der Waals surface area contributed by atoms with E-state index in [0.717, 1.165) is 24.4 Å². The number of benzene rings is 1. The Balaban J connectivity index is 3.10. The second-order valence-electron chi connectivity index (χ2n) is 3.39. The van der Waals surface area contributed by atoms with Crippen LogP contribution in [0.3, 0.4) is 0 Å². The lowest BCUT2D eigenvalue weighted by atomic mass is 10.1. The zero-order valence-electron chi connectivity index (χ0n) is 9.99. The van der Waals surface area contributed by atoms with E-state index in [1.807, 2.05) is 0 Å². The topological polar surface area (TPSA) is 113 Å². The summed E-state index contributed by atoms with van der Waals surface area (Å²) in [5, 5.41) is 17.7. The van der Waals surface area contributed by atoms with E-state index in [9.17, 15) is 14.4 Å². The smallest absolute Gasteiger partial charge is 0.349 e. The van der Waals surface area contributed by atoms with Gasteiger partial charge in [0.05, 0.1) is 23.4 Å². The molecule has 2 N–H and O–H groups in total. The summed E-state index contributed by atoms with van der Waals surface area (Å²) in [7, 11) is 0. The molecule has 0 aliphatic carbocycles. The average molecular weight is 265 g/mol. The van der Waals surface area contributed by atoms with Crippen LogP contribution in [0.1, 0.15) is 27.6 Å². The van der Waals surface area contributed by atoms with Crippen molar-refractivity contribution in [1.29, 1.82) is 0 Å². The van der Waals surface area contributed by atoms with Crippen molar-refractivity contribution in [2.45, 2.75) is 6.92 Å². The maximum absolute atomic E-state index is 11.0. The first-order chi connectivity index (χ1) is 8.93. The Morgan fingerprint density at radius 1 is 1.16 bits per heavy atom. The third kappa shape index (κ3) is 4.23. The molecule has 7 nitrogen and oxygen atoms in total. The average Bonchev–Trinajstić information content (AvgIpc) is 2.36. The van der Waals surface area contributed by atoms with Gasteiger partial charge in [-0.2, -0.15) is 0 Å². The Morgan fingerprint density at radius 3 is 2.11 bits per heavy atom. The number of hydrogen-bond acceptors (Lipinski definition) is 5. The van der Waals surface area contributed by atoms with Gasteiger partial charge in [0.25, 0.3) is 0 Å². The monoisotopic (exact) mass is 265 g/mol. The van der Waals surface area contributed by atoms with Gasteiger partial charge in [0.1, 0.15) is 6.21 Å². The van der Waals surface area contributed by atoms with Crippen LogP contribution in [0.25, 0.3) is 0 Å². The number of aliphatic imine (C=N–C) groups is 1. The molecule has 0 aromatic heterocycles. The zero-order chi connectivity index (χ0) is 14.4. The van der Waals surface area contributed by atoms with E-state index in [4.69, 9.17) is 10.2 Å². The predicted octanol–water partition coefficient (Wildman–Crippen LogP) is 1.35. The Hall–Kier alpha value is -2.70. The number of aromatic carboxylic acids is 2. The van der Waals surface area contributed by atoms with E-state index in [1.54, 1.807) is 6.92 Å². The van der Waals surface area contributed by atoms with Crippen molar-refractivity contribution in [3.63, 3.8) is 0 Å². The fourth-order valence-electron chi connectivity index (χ4n) is 1.24. The van der Waals surface area contributed by atoms with Crippen LogP contribution in [0, 0.1) is 0 Å². The summed E-state index contributed by atoms with van der Waals surface area (Å²) >= 11 is 0. The highest BCUT2D eigenvalue weighted by atomic mass is 16.5. The molecular formula is C12H11NO6. The maximum atomic E-state index is 11.0. The highest BCUT2D eigenvalue weighted by molar-refractivity contribution is 6.23. The predicted molar refractivity (Wildman–Crippen MR) is 65.1 cm³/mol. The van der Waals surface area contributed by atoms with Crippen molar-refractivity contribution in [2.75, 3.05) is 6.61 Å². The summed E-state index contributed by atoms with van der Waals surface area (Å²) in [6.07, 6.45) is 0.857. The molecular weight excluding hydrogens is 254 g/mol. The van der Waals surface area contributed by atoms with Crippen molar-refractivity contribution < 1.29 is 29.3 Å². The molecule has 7 heteroatoms. The number of carboxylic acids is 2. The normalized spacial score (nSPS) is 10.4. The fourth-order valence-corrected chi connectivity index (χ4v) is 1.24. The highest BCUT2D eigenvalue weighted by Crippen LogP contribution is 2.18. The largest absolute Gasteiger partial charge is 0.478 e. The summed E-state index contributed by atoms with van der Waals surface area (Å²) in [6.45, 7) is 1.81. The molecule has 0 heterocycles. The number of carboxylic acid groups (broad SMARTS) is 2. The minimum absolute atomic E-state index is 0.0466. The van der Waals surface area contributed by atoms with Crippen molar-refractivity contribution in [2.24, 2.45) is 4.99 Å². The Morgan fingerprint density at radius 2 is 1.68 bits per heavy atom. The highest BCUT2D eigenvalue weighted by Gasteiger charge is 2.11. The minimum atomic E-state index is -1.28. The molecule has 0 unspecified atom stereocenters. The third-order valence-electron chi connectivity index (χ3n) is 2.02. The van der Waals surface area contributed by atoms with Crippen molar-refractivity contribution in [1.82, 2.24) is 0 Å². The molecule has 1 aromatic carbocycles. The van der Waals surface area contributed by atoms with E-state index < -0.39 is 17.9 Å². The Kier molecular flexibility index (Phi) is 4.76. The molecule has 0 saturated carbocycles. The molecule has 1 rings (SSSR count). The van der Waals surface area contributed by atoms with E-state index in [2.05, 4.69) is 9.73 Å². The van der Waals surface area contributed by atoms with E-state index in [-0.39, 0.29) is 23.4 Å². The molecule has 0 atom stereocenters. The molecule has 0 aliphatic heterocycles. The van der Waals surface area contributed by atoms with Gasteiger partial charge in [-0.25, -0.2) is 19.4 Å². The molecule has 0 saturated heterocycles. The van der Waals surface area contributed by atoms with Crippen LogP contribution in [0.5, 0.6) is 0 Å². The number of carbonyl (C=O) groups is 3. The van der Waals surface area contributed by atoms with Gasteiger partial charge in [0.2, 0.25) is 0 Å². The molecule has 0 radical (unpaired) electrons. The van der Waals surface area contributed by atoms with Crippen LogP contribution in [0.15, 0.2) is 23.2 Å². The summed E-state index contributed by atoms with van der Waals surface area (Å²) in [5.74, 6) is -3.26. The molecule has 0 spiro atoms. The van der Waals surface area contributed by atoms with Crippen molar-refractivity contribution in [3.8, 4) is 0 Å². The first kappa shape index (κ1) is 14.4. The van der Waals surface area contributed by atoms with Gasteiger partial charge in [0, 0.05) is 0 Å². The molecule has 1 aromatic rings. The molecule has 100 valence electrons. The van der Waals surface area contributed by atoms with Gasteiger partial charge in [-0.15, -0.1) is 0 Å². The van der Waals surface area contributed by atoms with Gasteiger partial charge < -0.3 is 14.9 Å². The Labute approximate surface area is 108 Å².